The number of anilines is 4. The number of halogens is 6. The first kappa shape index (κ1) is 50.7. The van der Waals surface area contributed by atoms with Gasteiger partial charge in [0.15, 0.2) is 0 Å². The zero-order chi connectivity index (χ0) is 47.9. The highest BCUT2D eigenvalue weighted by molar-refractivity contribution is 6.33. The van der Waals surface area contributed by atoms with E-state index in [4.69, 9.17) is 52.1 Å². The topological polar surface area (TPSA) is 112 Å². The summed E-state index contributed by atoms with van der Waals surface area (Å²) in [6.45, 7) is 15.1. The van der Waals surface area contributed by atoms with Crippen LogP contribution in [0.25, 0.3) is 0 Å². The first-order valence-corrected chi connectivity index (χ1v) is 25.8. The fourth-order valence-electron chi connectivity index (χ4n) is 10.4. The van der Waals surface area contributed by atoms with Crippen molar-refractivity contribution in [1.82, 2.24) is 34.9 Å². The molecule has 4 N–H and O–H groups in total. The van der Waals surface area contributed by atoms with E-state index < -0.39 is 0 Å². The smallest absolute Gasteiger partial charge is 0.319 e. The number of piperazine rings is 2. The molecule has 6 heterocycles. The van der Waals surface area contributed by atoms with E-state index in [2.05, 4.69) is 63.8 Å². The summed E-state index contributed by atoms with van der Waals surface area (Å²) in [6.07, 6.45) is 11.9. The number of nitrogens with one attached hydrogen (secondary N) is 2. The third-order valence-corrected chi connectivity index (χ3v) is 15.3. The zero-order valence-corrected chi connectivity index (χ0v) is 42.2. The molecular weight excluding hydrogens is 950 g/mol. The first-order chi connectivity index (χ1) is 32.8. The number of piperidine rings is 2. The van der Waals surface area contributed by atoms with Gasteiger partial charge in [0.2, 0.25) is 0 Å². The van der Waals surface area contributed by atoms with Crippen LogP contribution in [0.15, 0.2) is 60.9 Å². The number of hydrogen-bond acceptors (Lipinski definition) is 10. The van der Waals surface area contributed by atoms with Gasteiger partial charge in [-0.1, -0.05) is 72.4 Å². The first-order valence-electron chi connectivity index (χ1n) is 24.3. The van der Waals surface area contributed by atoms with Crippen molar-refractivity contribution < 1.29 is 13.6 Å². The fourth-order valence-corrected chi connectivity index (χ4v) is 11.3. The van der Waals surface area contributed by atoms with Crippen molar-refractivity contribution in [2.75, 3.05) is 86.3 Å². The number of carbonyl (C=O) groups excluding carboxylic acids is 1. The lowest BCUT2D eigenvalue weighted by molar-refractivity contribution is 0.0607. The van der Waals surface area contributed by atoms with Crippen molar-refractivity contribution in [3.63, 3.8) is 0 Å². The number of amides is 2. The average Bonchev–Trinajstić information content (AvgIpc) is 4.15. The highest BCUT2D eigenvalue weighted by Crippen LogP contribution is 2.33. The van der Waals surface area contributed by atoms with E-state index >= 15 is 0 Å². The molecule has 18 heteroatoms. The Balaban J connectivity index is 0.000000187. The number of hydrogen-bond donors (Lipinski definition) is 3. The van der Waals surface area contributed by atoms with Gasteiger partial charge in [0.25, 0.3) is 0 Å². The van der Waals surface area contributed by atoms with Crippen molar-refractivity contribution in [1.29, 1.82) is 0 Å². The van der Waals surface area contributed by atoms with Gasteiger partial charge < -0.3 is 26.2 Å². The molecule has 1 aliphatic carbocycles. The maximum atomic E-state index is 14.2. The minimum atomic E-state index is -0.227. The van der Waals surface area contributed by atoms with Crippen LogP contribution in [0.1, 0.15) is 76.3 Å². The lowest BCUT2D eigenvalue weighted by Gasteiger charge is -2.47. The Morgan fingerprint density at radius 3 is 1.54 bits per heavy atom. The van der Waals surface area contributed by atoms with E-state index in [1.54, 1.807) is 48.8 Å². The molecule has 5 aliphatic rings. The molecule has 0 bridgehead atoms. The summed E-state index contributed by atoms with van der Waals surface area (Å²) in [5, 5.41) is 7.78. The molecule has 9 rings (SSSR count). The minimum absolute atomic E-state index is 0.211. The van der Waals surface area contributed by atoms with Gasteiger partial charge in [0.1, 0.15) is 23.3 Å². The maximum absolute atomic E-state index is 14.2. The van der Waals surface area contributed by atoms with Gasteiger partial charge in [-0.3, -0.25) is 19.6 Å². The third kappa shape index (κ3) is 13.2. The maximum Gasteiger partial charge on any atom is 0.319 e. The quantitative estimate of drug-likeness (QED) is 0.127. The lowest BCUT2D eigenvalue weighted by Crippen LogP contribution is -2.58. The fraction of sp³-hybridized carbons (Fsp3) is 0.540. The van der Waals surface area contributed by atoms with Crippen LogP contribution >= 0.6 is 46.4 Å². The van der Waals surface area contributed by atoms with Crippen LogP contribution in [0.4, 0.5) is 36.6 Å². The highest BCUT2D eigenvalue weighted by atomic mass is 35.5. The number of carbonyl (C=O) groups is 1. The predicted octanol–water partition coefficient (Wildman–Crippen LogP) is 10.1. The molecule has 368 valence electrons. The standard InChI is InChI=1S/C27H35Cl2FN6O.C23H30Cl2FN5/c1-2-22-17-35(26-24(29)14-21(15-31-26)33-27(37)32-20-5-6-20)11-12-36(22)23-7-9-34(10-8-23)16-18-3-4-19(28)13-25(18)30;1-2-19-15-30(23-21(25)12-18(27)13-28-23)9-10-31(19)20-5-7-29(8-6-20)14-16-3-4-17(24)11-22(16)26/h3-4,13-15,20,22-23H,2,5-12,16-17H2,1H3,(H2,32,33,37);3-4,11-13,19-20H,2,5-10,14-15,27H2,1H3/t22-;19-/m00/s1. The third-order valence-electron chi connectivity index (χ3n) is 14.3. The predicted molar refractivity (Wildman–Crippen MR) is 273 cm³/mol. The molecule has 0 radical (unpaired) electrons. The zero-order valence-electron chi connectivity index (χ0n) is 39.1. The number of nitrogens with two attached hydrogens (primary N) is 1. The Hall–Kier alpha value is -3.73. The van der Waals surface area contributed by atoms with E-state index in [0.717, 1.165) is 134 Å². The van der Waals surface area contributed by atoms with Gasteiger partial charge in [0.05, 0.1) is 33.8 Å². The van der Waals surface area contributed by atoms with Crippen LogP contribution in [0, 0.1) is 11.6 Å². The second-order valence-corrected chi connectivity index (χ2v) is 20.6. The Bertz CT molecular complexity index is 2330. The molecule has 4 saturated heterocycles. The molecule has 0 spiro atoms. The molecule has 2 atom stereocenters. The molecule has 12 nitrogen and oxygen atoms in total. The molecule has 4 aromatic rings. The Labute approximate surface area is 420 Å². The second kappa shape index (κ2) is 23.5. The van der Waals surface area contributed by atoms with Crippen LogP contribution in [0.2, 0.25) is 20.1 Å². The molecule has 2 amide bonds. The van der Waals surface area contributed by atoms with Gasteiger partial charge in [-0.2, -0.15) is 0 Å². The van der Waals surface area contributed by atoms with Crippen LogP contribution < -0.4 is 26.2 Å². The molecular formula is C50H65Cl4F2N11O. The molecule has 68 heavy (non-hydrogen) atoms. The largest absolute Gasteiger partial charge is 0.397 e. The highest BCUT2D eigenvalue weighted by Gasteiger charge is 2.36. The normalized spacial score (nSPS) is 21.6. The minimum Gasteiger partial charge on any atom is -0.397 e. The van der Waals surface area contributed by atoms with Gasteiger partial charge in [-0.05, 0) is 114 Å². The van der Waals surface area contributed by atoms with Gasteiger partial charge in [0, 0.05) is 104 Å². The van der Waals surface area contributed by atoms with Crippen molar-refractivity contribution in [2.24, 2.45) is 0 Å². The Morgan fingerprint density at radius 1 is 0.647 bits per heavy atom. The number of aromatic nitrogens is 2. The van der Waals surface area contributed by atoms with Crippen molar-refractivity contribution in [3.8, 4) is 0 Å². The Morgan fingerprint density at radius 2 is 1.12 bits per heavy atom. The molecule has 1 saturated carbocycles. The van der Waals surface area contributed by atoms with Gasteiger partial charge in [-0.25, -0.2) is 23.5 Å². The van der Waals surface area contributed by atoms with E-state index in [1.807, 2.05) is 0 Å². The summed E-state index contributed by atoms with van der Waals surface area (Å²) < 4.78 is 28.4. The molecule has 2 aromatic carbocycles. The van der Waals surface area contributed by atoms with Gasteiger partial charge >= 0.3 is 6.03 Å². The number of likely N-dealkylation sites (tertiary alicyclic amines) is 2. The van der Waals surface area contributed by atoms with Gasteiger partial charge in [-0.15, -0.1) is 0 Å². The number of pyridine rings is 2. The average molecular weight is 1020 g/mol. The molecule has 0 unspecified atom stereocenters. The summed E-state index contributed by atoms with van der Waals surface area (Å²) in [5.41, 5.74) is 8.41. The summed E-state index contributed by atoms with van der Waals surface area (Å²) >= 11 is 24.8. The van der Waals surface area contributed by atoms with Crippen molar-refractivity contribution in [2.45, 2.75) is 109 Å². The van der Waals surface area contributed by atoms with E-state index in [0.29, 0.717) is 80.3 Å². The van der Waals surface area contributed by atoms with Crippen molar-refractivity contribution >= 4 is 75.4 Å². The van der Waals surface area contributed by atoms with Crippen LogP contribution in [0.3, 0.4) is 0 Å². The van der Waals surface area contributed by atoms with E-state index in [-0.39, 0.29) is 17.7 Å². The molecule has 4 aliphatic heterocycles. The van der Waals surface area contributed by atoms with Crippen LogP contribution in [-0.4, -0.2) is 131 Å². The second-order valence-electron chi connectivity index (χ2n) is 19.0. The number of nitrogen functional groups attached to an aromatic ring is 1. The summed E-state index contributed by atoms with van der Waals surface area (Å²) in [7, 11) is 0. The number of urea groups is 1. The van der Waals surface area contributed by atoms with E-state index in [1.165, 1.54) is 12.1 Å². The van der Waals surface area contributed by atoms with Crippen LogP contribution in [0.5, 0.6) is 0 Å². The number of nitrogens with zero attached hydrogens (tertiary/aromatic N) is 8. The van der Waals surface area contributed by atoms with Crippen molar-refractivity contribution in [3.05, 3.63) is 104 Å². The monoisotopic (exact) mass is 1010 g/mol. The summed E-state index contributed by atoms with van der Waals surface area (Å²) in [6, 6.07) is 15.5. The van der Waals surface area contributed by atoms with Crippen LogP contribution in [-0.2, 0) is 13.1 Å². The molecule has 5 fully saturated rings. The molecule has 2 aromatic heterocycles. The van der Waals surface area contributed by atoms with E-state index in [9.17, 15) is 13.6 Å². The number of benzene rings is 2. The SMILES string of the molecule is CC[C@H]1CN(c2ncc(N)cc2Cl)CCN1C1CCN(Cc2ccc(Cl)cc2F)CC1.CC[C@H]1CN(c2ncc(NC(=O)NC3CC3)cc2Cl)CCN1C1CCN(Cc2ccc(Cl)cc2F)CC1. The summed E-state index contributed by atoms with van der Waals surface area (Å²) in [5.74, 6) is 1.16. The Kier molecular flexibility index (Phi) is 17.5. The number of rotatable bonds is 12. The lowest BCUT2D eigenvalue weighted by atomic mass is 9.97. The summed E-state index contributed by atoms with van der Waals surface area (Å²) in [4.78, 5) is 35.7.